The number of benzene rings is 2. The van der Waals surface area contributed by atoms with Crippen LogP contribution in [0.2, 0.25) is 10.0 Å². The maximum absolute atomic E-state index is 12.5. The van der Waals surface area contributed by atoms with Crippen molar-refractivity contribution in [2.45, 2.75) is 32.0 Å². The molecule has 2 aromatic carbocycles. The number of nitrogens with zero attached hydrogens (tertiary/aromatic N) is 4. The first kappa shape index (κ1) is 25.5. The molecule has 0 fully saturated rings. The number of anilines is 2. The van der Waals surface area contributed by atoms with Crippen LogP contribution in [0.4, 0.5) is 17.1 Å². The molecule has 0 spiro atoms. The summed E-state index contributed by atoms with van der Waals surface area (Å²) in [5, 5.41) is 25.6. The van der Waals surface area contributed by atoms with Gasteiger partial charge in [-0.1, -0.05) is 47.1 Å². The third-order valence-electron chi connectivity index (χ3n) is 4.68. The van der Waals surface area contributed by atoms with Crippen LogP contribution in [0.15, 0.2) is 41.6 Å². The second-order valence-corrected chi connectivity index (χ2v) is 8.79. The Morgan fingerprint density at radius 2 is 1.91 bits per heavy atom. The molecule has 0 aliphatic carbocycles. The number of nitro benzene ring substituents is 1. The summed E-state index contributed by atoms with van der Waals surface area (Å²) in [6, 6.07) is 9.42. The fraction of sp³-hybridized carbons (Fsp3) is 0.238. The Hall–Kier alpha value is -3.15. The molecular formula is C21H20Cl2N6O4S. The summed E-state index contributed by atoms with van der Waals surface area (Å²) in [6.45, 7) is 3.98. The average molecular weight is 523 g/mol. The number of carbonyl (C=O) groups excluding carboxylic acids is 2. The minimum Gasteiger partial charge on any atom is -0.325 e. The van der Waals surface area contributed by atoms with Gasteiger partial charge in [-0.05, 0) is 32.0 Å². The average Bonchev–Trinajstić information content (AvgIpc) is 3.17. The van der Waals surface area contributed by atoms with E-state index in [1.807, 2.05) is 6.92 Å². The van der Waals surface area contributed by atoms with Crippen molar-refractivity contribution >= 4 is 63.8 Å². The first-order chi connectivity index (χ1) is 16.2. The number of hydrogen-bond donors (Lipinski definition) is 2. The number of halogens is 2. The predicted octanol–water partition coefficient (Wildman–Crippen LogP) is 4.73. The summed E-state index contributed by atoms with van der Waals surface area (Å²) in [7, 11) is 0. The number of thioether (sulfide) groups is 1. The molecule has 2 amide bonds. The smallest absolute Gasteiger partial charge is 0.274 e. The lowest BCUT2D eigenvalue weighted by atomic mass is 10.2. The third-order valence-corrected chi connectivity index (χ3v) is 6.46. The predicted molar refractivity (Wildman–Crippen MR) is 132 cm³/mol. The summed E-state index contributed by atoms with van der Waals surface area (Å²) in [6.07, 6.45) is -0.0521. The molecule has 0 aliphatic rings. The van der Waals surface area contributed by atoms with Gasteiger partial charge in [0.15, 0.2) is 5.16 Å². The molecule has 0 bridgehead atoms. The van der Waals surface area contributed by atoms with E-state index in [2.05, 4.69) is 20.8 Å². The van der Waals surface area contributed by atoms with Crippen LogP contribution in [0.5, 0.6) is 0 Å². The van der Waals surface area contributed by atoms with Crippen LogP contribution in [-0.2, 0) is 22.6 Å². The number of amides is 2. The maximum atomic E-state index is 12.5. The standard InChI is InChI=1S/C21H20Cl2N6O4S/c1-3-28-17(10-18(30)25-15-6-4-5-14(22)20(15)23)26-27-21(28)34-11-19(31)24-13-8-7-12(2)16(9-13)29(32)33/h4-9H,3,10-11H2,1-2H3,(H,24,31)(H,25,30). The van der Waals surface area contributed by atoms with E-state index in [9.17, 15) is 19.7 Å². The molecule has 3 rings (SSSR count). The Kier molecular flexibility index (Phi) is 8.48. The first-order valence-corrected chi connectivity index (χ1v) is 11.8. The van der Waals surface area contributed by atoms with Gasteiger partial charge in [0.05, 0.1) is 32.8 Å². The van der Waals surface area contributed by atoms with Gasteiger partial charge in [-0.2, -0.15) is 0 Å². The van der Waals surface area contributed by atoms with Crippen LogP contribution in [0.25, 0.3) is 0 Å². The molecule has 0 atom stereocenters. The summed E-state index contributed by atoms with van der Waals surface area (Å²) in [5.41, 5.74) is 1.15. The molecule has 0 unspecified atom stereocenters. The normalized spacial score (nSPS) is 10.7. The molecule has 0 radical (unpaired) electrons. The lowest BCUT2D eigenvalue weighted by molar-refractivity contribution is -0.385. The molecule has 0 saturated carbocycles. The summed E-state index contributed by atoms with van der Waals surface area (Å²) >= 11 is 13.2. The number of rotatable bonds is 9. The molecule has 178 valence electrons. The van der Waals surface area contributed by atoms with E-state index in [4.69, 9.17) is 23.2 Å². The lowest BCUT2D eigenvalue weighted by Crippen LogP contribution is -2.18. The molecule has 34 heavy (non-hydrogen) atoms. The fourth-order valence-corrected chi connectivity index (χ4v) is 4.19. The van der Waals surface area contributed by atoms with Crippen LogP contribution < -0.4 is 10.6 Å². The quantitative estimate of drug-likeness (QED) is 0.235. The van der Waals surface area contributed by atoms with Crippen molar-refractivity contribution in [3.8, 4) is 0 Å². The Bertz CT molecular complexity index is 1250. The highest BCUT2D eigenvalue weighted by Gasteiger charge is 2.18. The Balaban J connectivity index is 1.61. The highest BCUT2D eigenvalue weighted by Crippen LogP contribution is 2.29. The van der Waals surface area contributed by atoms with Crippen molar-refractivity contribution in [1.82, 2.24) is 14.8 Å². The van der Waals surface area contributed by atoms with Crippen LogP contribution in [0.3, 0.4) is 0 Å². The number of nitrogens with one attached hydrogen (secondary N) is 2. The van der Waals surface area contributed by atoms with Gasteiger partial charge in [-0.25, -0.2) is 0 Å². The largest absolute Gasteiger partial charge is 0.325 e. The third kappa shape index (κ3) is 6.25. The molecule has 1 heterocycles. The summed E-state index contributed by atoms with van der Waals surface area (Å²) in [5.74, 6) is -0.273. The molecule has 3 aromatic rings. The van der Waals surface area contributed by atoms with Crippen LogP contribution in [0, 0.1) is 17.0 Å². The molecule has 1 aromatic heterocycles. The second-order valence-electron chi connectivity index (χ2n) is 7.06. The van der Waals surface area contributed by atoms with Crippen molar-refractivity contribution in [2.75, 3.05) is 16.4 Å². The maximum Gasteiger partial charge on any atom is 0.274 e. The number of aromatic nitrogens is 3. The lowest BCUT2D eigenvalue weighted by Gasteiger charge is -2.10. The zero-order valence-electron chi connectivity index (χ0n) is 18.2. The molecular weight excluding hydrogens is 503 g/mol. The van der Waals surface area contributed by atoms with Gasteiger partial charge in [0.25, 0.3) is 5.69 Å². The first-order valence-electron chi connectivity index (χ1n) is 10.0. The highest BCUT2D eigenvalue weighted by atomic mass is 35.5. The summed E-state index contributed by atoms with van der Waals surface area (Å²) in [4.78, 5) is 35.4. The monoisotopic (exact) mass is 522 g/mol. The van der Waals surface area contributed by atoms with Crippen molar-refractivity contribution in [3.63, 3.8) is 0 Å². The van der Waals surface area contributed by atoms with E-state index >= 15 is 0 Å². The van der Waals surface area contributed by atoms with Crippen molar-refractivity contribution in [3.05, 3.63) is 67.9 Å². The molecule has 2 N–H and O–H groups in total. The fourth-order valence-electron chi connectivity index (χ4n) is 3.02. The minimum absolute atomic E-state index is 0.00409. The van der Waals surface area contributed by atoms with Crippen LogP contribution in [-0.4, -0.2) is 37.3 Å². The zero-order chi connectivity index (χ0) is 24.8. The van der Waals surface area contributed by atoms with E-state index in [1.54, 1.807) is 41.8 Å². The number of hydrogen-bond acceptors (Lipinski definition) is 7. The summed E-state index contributed by atoms with van der Waals surface area (Å²) < 4.78 is 1.73. The van der Waals surface area contributed by atoms with E-state index in [-0.39, 0.29) is 34.7 Å². The SMILES string of the molecule is CCn1c(CC(=O)Nc2cccc(Cl)c2Cl)nnc1SCC(=O)Nc1ccc(C)c([N+](=O)[O-])c1. The van der Waals surface area contributed by atoms with E-state index in [0.717, 1.165) is 11.8 Å². The van der Waals surface area contributed by atoms with Crippen molar-refractivity contribution in [2.24, 2.45) is 0 Å². The number of carbonyl (C=O) groups is 2. The number of aryl methyl sites for hydroxylation is 1. The molecule has 0 saturated heterocycles. The van der Waals surface area contributed by atoms with Gasteiger partial charge >= 0.3 is 0 Å². The molecule has 0 aliphatic heterocycles. The Morgan fingerprint density at radius 1 is 1.15 bits per heavy atom. The van der Waals surface area contributed by atoms with Gasteiger partial charge in [0.2, 0.25) is 11.8 Å². The Morgan fingerprint density at radius 3 is 2.62 bits per heavy atom. The van der Waals surface area contributed by atoms with E-state index in [0.29, 0.717) is 39.5 Å². The van der Waals surface area contributed by atoms with E-state index < -0.39 is 4.92 Å². The Labute approximate surface area is 209 Å². The highest BCUT2D eigenvalue weighted by molar-refractivity contribution is 7.99. The second kappa shape index (κ2) is 11.3. The van der Waals surface area contributed by atoms with Gasteiger partial charge in [-0.15, -0.1) is 10.2 Å². The zero-order valence-corrected chi connectivity index (χ0v) is 20.5. The van der Waals surface area contributed by atoms with Gasteiger partial charge < -0.3 is 15.2 Å². The van der Waals surface area contributed by atoms with Gasteiger partial charge in [0.1, 0.15) is 5.82 Å². The minimum atomic E-state index is -0.499. The topological polar surface area (TPSA) is 132 Å². The van der Waals surface area contributed by atoms with Crippen LogP contribution >= 0.6 is 35.0 Å². The number of nitro groups is 1. The van der Waals surface area contributed by atoms with Gasteiger partial charge in [-0.3, -0.25) is 19.7 Å². The van der Waals surface area contributed by atoms with Gasteiger partial charge in [0, 0.05) is 23.9 Å². The van der Waals surface area contributed by atoms with Crippen molar-refractivity contribution < 1.29 is 14.5 Å². The van der Waals surface area contributed by atoms with Crippen LogP contribution in [0.1, 0.15) is 18.3 Å². The van der Waals surface area contributed by atoms with Crippen molar-refractivity contribution in [1.29, 1.82) is 0 Å². The molecule has 13 heteroatoms. The molecule has 10 nitrogen and oxygen atoms in total. The van der Waals surface area contributed by atoms with E-state index in [1.165, 1.54) is 6.07 Å².